The van der Waals surface area contributed by atoms with Gasteiger partial charge in [-0.25, -0.2) is 4.39 Å². The summed E-state index contributed by atoms with van der Waals surface area (Å²) < 4.78 is 13.8. The molecule has 0 saturated carbocycles. The Morgan fingerprint density at radius 2 is 2.06 bits per heavy atom. The smallest absolute Gasteiger partial charge is 0.146 e. The lowest BCUT2D eigenvalue weighted by Gasteiger charge is -2.31. The first-order chi connectivity index (χ1) is 8.39. The summed E-state index contributed by atoms with van der Waals surface area (Å²) in [5.74, 6) is -0.317. The minimum absolute atomic E-state index is 0.0328. The highest BCUT2D eigenvalue weighted by molar-refractivity contribution is 6.30. The zero-order valence-corrected chi connectivity index (χ0v) is 12.1. The van der Waals surface area contributed by atoms with Crippen molar-refractivity contribution in [2.45, 2.75) is 27.3 Å². The Morgan fingerprint density at radius 1 is 1.39 bits per heavy atom. The maximum Gasteiger partial charge on any atom is 0.146 e. The van der Waals surface area contributed by atoms with Crippen molar-refractivity contribution in [3.8, 4) is 0 Å². The van der Waals surface area contributed by atoms with Gasteiger partial charge in [0.05, 0.1) is 5.02 Å². The zero-order chi connectivity index (χ0) is 13.8. The SMILES string of the molecule is CCN(Cc1cccc(Cl)c1F)CC(C)(C)CN. The lowest BCUT2D eigenvalue weighted by Crippen LogP contribution is -2.38. The van der Waals surface area contributed by atoms with Crippen LogP contribution in [0, 0.1) is 11.2 Å². The van der Waals surface area contributed by atoms with Gasteiger partial charge in [-0.3, -0.25) is 4.90 Å². The van der Waals surface area contributed by atoms with Crippen molar-refractivity contribution in [1.29, 1.82) is 0 Å². The van der Waals surface area contributed by atoms with E-state index in [4.69, 9.17) is 17.3 Å². The Morgan fingerprint density at radius 3 is 2.61 bits per heavy atom. The molecule has 0 spiro atoms. The predicted octanol–water partition coefficient (Wildman–Crippen LogP) is 3.29. The number of benzene rings is 1. The molecule has 0 amide bonds. The molecular formula is C14H22ClFN2. The van der Waals surface area contributed by atoms with Crippen LogP contribution in [-0.4, -0.2) is 24.5 Å². The fourth-order valence-electron chi connectivity index (χ4n) is 1.86. The lowest BCUT2D eigenvalue weighted by atomic mass is 9.93. The van der Waals surface area contributed by atoms with Crippen LogP contribution in [-0.2, 0) is 6.54 Å². The molecule has 0 fully saturated rings. The molecule has 18 heavy (non-hydrogen) atoms. The fraction of sp³-hybridized carbons (Fsp3) is 0.571. The summed E-state index contributed by atoms with van der Waals surface area (Å²) in [6.07, 6.45) is 0. The molecular weight excluding hydrogens is 251 g/mol. The van der Waals surface area contributed by atoms with Crippen molar-refractivity contribution in [2.24, 2.45) is 11.1 Å². The van der Waals surface area contributed by atoms with Crippen LogP contribution in [0.15, 0.2) is 18.2 Å². The first-order valence-electron chi connectivity index (χ1n) is 6.25. The van der Waals surface area contributed by atoms with Crippen molar-refractivity contribution in [3.05, 3.63) is 34.6 Å². The van der Waals surface area contributed by atoms with Gasteiger partial charge in [-0.2, -0.15) is 0 Å². The van der Waals surface area contributed by atoms with E-state index in [9.17, 15) is 4.39 Å². The Kier molecular flexibility index (Phi) is 5.57. The molecule has 0 aliphatic heterocycles. The van der Waals surface area contributed by atoms with E-state index in [2.05, 4.69) is 25.7 Å². The standard InChI is InChI=1S/C14H22ClFN2/c1-4-18(10-14(2,3)9-17)8-11-6-5-7-12(15)13(11)16/h5-7H,4,8-10,17H2,1-3H3. The summed E-state index contributed by atoms with van der Waals surface area (Å²) in [7, 11) is 0. The third kappa shape index (κ3) is 4.23. The van der Waals surface area contributed by atoms with Crippen LogP contribution < -0.4 is 5.73 Å². The molecule has 0 heterocycles. The maximum atomic E-state index is 13.8. The monoisotopic (exact) mass is 272 g/mol. The molecule has 0 radical (unpaired) electrons. The maximum absolute atomic E-state index is 13.8. The van der Waals surface area contributed by atoms with Gasteiger partial charge in [-0.1, -0.05) is 44.5 Å². The van der Waals surface area contributed by atoms with E-state index in [1.54, 1.807) is 18.2 Å². The van der Waals surface area contributed by atoms with Crippen molar-refractivity contribution in [1.82, 2.24) is 4.90 Å². The van der Waals surface area contributed by atoms with Gasteiger partial charge < -0.3 is 5.73 Å². The second kappa shape index (κ2) is 6.50. The van der Waals surface area contributed by atoms with Crippen LogP contribution in [0.2, 0.25) is 5.02 Å². The van der Waals surface area contributed by atoms with Gasteiger partial charge in [0.2, 0.25) is 0 Å². The predicted molar refractivity (Wildman–Crippen MR) is 75.2 cm³/mol. The van der Waals surface area contributed by atoms with E-state index in [1.807, 2.05) is 0 Å². The lowest BCUT2D eigenvalue weighted by molar-refractivity contribution is 0.182. The van der Waals surface area contributed by atoms with Gasteiger partial charge in [-0.15, -0.1) is 0 Å². The van der Waals surface area contributed by atoms with Gasteiger partial charge in [-0.05, 0) is 24.6 Å². The summed E-state index contributed by atoms with van der Waals surface area (Å²) >= 11 is 5.79. The molecule has 0 aliphatic carbocycles. The number of nitrogens with zero attached hydrogens (tertiary/aromatic N) is 1. The Bertz CT molecular complexity index is 393. The largest absolute Gasteiger partial charge is 0.330 e. The van der Waals surface area contributed by atoms with Crippen LogP contribution >= 0.6 is 11.6 Å². The molecule has 4 heteroatoms. The second-order valence-corrected chi connectivity index (χ2v) is 5.79. The number of hydrogen-bond donors (Lipinski definition) is 1. The van der Waals surface area contributed by atoms with Crippen LogP contribution in [0.3, 0.4) is 0 Å². The number of hydrogen-bond acceptors (Lipinski definition) is 2. The average molecular weight is 273 g/mol. The summed E-state index contributed by atoms with van der Waals surface area (Å²) in [6.45, 7) is 9.16. The van der Waals surface area contributed by atoms with Crippen LogP contribution in [0.25, 0.3) is 0 Å². The number of halogens is 2. The van der Waals surface area contributed by atoms with E-state index in [-0.39, 0.29) is 16.3 Å². The van der Waals surface area contributed by atoms with E-state index in [1.165, 1.54) is 0 Å². The van der Waals surface area contributed by atoms with Crippen molar-refractivity contribution in [2.75, 3.05) is 19.6 Å². The average Bonchev–Trinajstić information content (AvgIpc) is 2.33. The minimum atomic E-state index is -0.317. The quantitative estimate of drug-likeness (QED) is 0.861. The molecule has 0 saturated heterocycles. The van der Waals surface area contributed by atoms with E-state index >= 15 is 0 Å². The third-order valence-corrected chi connectivity index (χ3v) is 3.37. The van der Waals surface area contributed by atoms with Gasteiger partial charge >= 0.3 is 0 Å². The molecule has 1 rings (SSSR count). The van der Waals surface area contributed by atoms with Crippen LogP contribution in [0.5, 0.6) is 0 Å². The van der Waals surface area contributed by atoms with Gasteiger partial charge in [0.25, 0.3) is 0 Å². The third-order valence-electron chi connectivity index (χ3n) is 3.08. The number of rotatable bonds is 6. The Hall–Kier alpha value is -0.640. The first-order valence-corrected chi connectivity index (χ1v) is 6.62. The molecule has 2 N–H and O–H groups in total. The Balaban J connectivity index is 2.77. The Labute approximate surface area is 114 Å². The van der Waals surface area contributed by atoms with E-state index in [0.717, 1.165) is 13.1 Å². The van der Waals surface area contributed by atoms with Gasteiger partial charge in [0, 0.05) is 18.7 Å². The molecule has 2 nitrogen and oxygen atoms in total. The van der Waals surface area contributed by atoms with Gasteiger partial charge in [0.1, 0.15) is 5.82 Å². The summed E-state index contributed by atoms with van der Waals surface area (Å²) in [5, 5.41) is 0.182. The molecule has 1 aromatic rings. The summed E-state index contributed by atoms with van der Waals surface area (Å²) in [6, 6.07) is 5.13. The van der Waals surface area contributed by atoms with Crippen molar-refractivity contribution < 1.29 is 4.39 Å². The van der Waals surface area contributed by atoms with Crippen LogP contribution in [0.1, 0.15) is 26.3 Å². The highest BCUT2D eigenvalue weighted by Crippen LogP contribution is 2.21. The topological polar surface area (TPSA) is 29.3 Å². The molecule has 0 aliphatic rings. The number of nitrogens with two attached hydrogens (primary N) is 1. The second-order valence-electron chi connectivity index (χ2n) is 5.38. The first kappa shape index (κ1) is 15.4. The van der Waals surface area contributed by atoms with E-state index < -0.39 is 0 Å². The highest BCUT2D eigenvalue weighted by atomic mass is 35.5. The molecule has 0 atom stereocenters. The zero-order valence-electron chi connectivity index (χ0n) is 11.3. The van der Waals surface area contributed by atoms with Crippen LogP contribution in [0.4, 0.5) is 4.39 Å². The molecule has 0 unspecified atom stereocenters. The highest BCUT2D eigenvalue weighted by Gasteiger charge is 2.20. The summed E-state index contributed by atoms with van der Waals surface area (Å²) in [4.78, 5) is 2.18. The van der Waals surface area contributed by atoms with Crippen molar-refractivity contribution in [3.63, 3.8) is 0 Å². The normalized spacial score (nSPS) is 12.2. The summed E-state index contributed by atoms with van der Waals surface area (Å²) in [5.41, 5.74) is 6.40. The molecule has 102 valence electrons. The van der Waals surface area contributed by atoms with Crippen molar-refractivity contribution >= 4 is 11.6 Å². The molecule has 0 bridgehead atoms. The minimum Gasteiger partial charge on any atom is -0.330 e. The van der Waals surface area contributed by atoms with E-state index in [0.29, 0.717) is 18.7 Å². The molecule has 1 aromatic carbocycles. The molecule has 0 aromatic heterocycles. The fourth-order valence-corrected chi connectivity index (χ4v) is 2.05. The van der Waals surface area contributed by atoms with Gasteiger partial charge in [0.15, 0.2) is 0 Å².